The predicted molar refractivity (Wildman–Crippen MR) is 127 cm³/mol. The summed E-state index contributed by atoms with van der Waals surface area (Å²) in [6.07, 6.45) is 0. The molecule has 3 aromatic carbocycles. The molecular weight excluding hydrogens is 418 g/mol. The van der Waals surface area contributed by atoms with Gasteiger partial charge in [-0.15, -0.1) is 0 Å². The van der Waals surface area contributed by atoms with Gasteiger partial charge >= 0.3 is 0 Å². The summed E-state index contributed by atoms with van der Waals surface area (Å²) in [4.78, 5) is 5.01. The van der Waals surface area contributed by atoms with E-state index in [9.17, 15) is 0 Å². The molecule has 1 nitrogen and oxygen atoms in total. The summed E-state index contributed by atoms with van der Waals surface area (Å²) in [6.45, 7) is 6.71. The third kappa shape index (κ3) is 4.49. The van der Waals surface area contributed by atoms with Gasteiger partial charge in [0.05, 0.1) is 11.4 Å². The lowest BCUT2D eigenvalue weighted by Gasteiger charge is -2.19. The molecule has 0 aliphatic heterocycles. The highest BCUT2D eigenvalue weighted by atomic mass is 79.9. The normalized spacial score (nSPS) is 11.4. The van der Waals surface area contributed by atoms with Gasteiger partial charge < -0.3 is 0 Å². The summed E-state index contributed by atoms with van der Waals surface area (Å²) < 4.78 is 1.07. The average molecular weight is 442 g/mol. The Morgan fingerprint density at radius 1 is 0.586 bits per heavy atom. The van der Waals surface area contributed by atoms with Crippen molar-refractivity contribution in [3.05, 3.63) is 101 Å². The van der Waals surface area contributed by atoms with Crippen molar-refractivity contribution in [2.24, 2.45) is 0 Å². The third-order valence-electron chi connectivity index (χ3n) is 5.12. The van der Waals surface area contributed by atoms with Crippen molar-refractivity contribution < 1.29 is 0 Å². The molecule has 0 spiro atoms. The second-order valence-corrected chi connectivity index (χ2v) is 9.24. The Morgan fingerprint density at radius 3 is 1.62 bits per heavy atom. The van der Waals surface area contributed by atoms with Crippen molar-refractivity contribution in [2.75, 3.05) is 0 Å². The molecule has 0 unspecified atom stereocenters. The Bertz CT molecular complexity index is 1110. The standard InChI is InChI=1S/C27H24BrN/c1-27(2,3)23-13-9-20(10-14-23)25-17-22(19-7-5-4-6-8-19)18-26(29-25)21-11-15-24(28)16-12-21/h4-18H,1-3H3. The first kappa shape index (κ1) is 19.6. The lowest BCUT2D eigenvalue weighted by atomic mass is 9.86. The molecule has 0 aliphatic carbocycles. The minimum Gasteiger partial charge on any atom is -0.248 e. The molecule has 4 aromatic rings. The van der Waals surface area contributed by atoms with Crippen molar-refractivity contribution in [1.82, 2.24) is 4.98 Å². The first-order valence-corrected chi connectivity index (χ1v) is 10.6. The van der Waals surface area contributed by atoms with E-state index in [-0.39, 0.29) is 5.41 Å². The predicted octanol–water partition coefficient (Wildman–Crippen LogP) is 8.14. The molecule has 0 saturated carbocycles. The molecule has 1 heterocycles. The van der Waals surface area contributed by atoms with Crippen LogP contribution in [-0.4, -0.2) is 4.98 Å². The molecule has 0 bridgehead atoms. The van der Waals surface area contributed by atoms with Gasteiger partial charge in [0.15, 0.2) is 0 Å². The Hall–Kier alpha value is -2.71. The largest absolute Gasteiger partial charge is 0.248 e. The fourth-order valence-electron chi connectivity index (χ4n) is 3.39. The van der Waals surface area contributed by atoms with Gasteiger partial charge in [-0.1, -0.05) is 103 Å². The van der Waals surface area contributed by atoms with Crippen LogP contribution in [0.5, 0.6) is 0 Å². The molecule has 0 amide bonds. The first-order chi connectivity index (χ1) is 13.9. The fourth-order valence-corrected chi connectivity index (χ4v) is 3.65. The van der Waals surface area contributed by atoms with E-state index in [1.807, 2.05) is 6.07 Å². The van der Waals surface area contributed by atoms with Crippen LogP contribution in [0, 0.1) is 0 Å². The number of rotatable bonds is 3. The van der Waals surface area contributed by atoms with Crippen LogP contribution in [0.25, 0.3) is 33.6 Å². The van der Waals surface area contributed by atoms with Crippen LogP contribution < -0.4 is 0 Å². The summed E-state index contributed by atoms with van der Waals surface area (Å²) >= 11 is 3.52. The van der Waals surface area contributed by atoms with Crippen LogP contribution in [0.1, 0.15) is 26.3 Å². The van der Waals surface area contributed by atoms with Gasteiger partial charge in [-0.05, 0) is 46.4 Å². The van der Waals surface area contributed by atoms with Gasteiger partial charge in [0.25, 0.3) is 0 Å². The molecule has 0 N–H and O–H groups in total. The molecule has 0 saturated heterocycles. The highest BCUT2D eigenvalue weighted by molar-refractivity contribution is 9.10. The fraction of sp³-hybridized carbons (Fsp3) is 0.148. The minimum absolute atomic E-state index is 0.139. The highest BCUT2D eigenvalue weighted by Gasteiger charge is 2.14. The second kappa shape index (κ2) is 7.96. The van der Waals surface area contributed by atoms with Crippen LogP contribution in [0.3, 0.4) is 0 Å². The molecule has 0 fully saturated rings. The monoisotopic (exact) mass is 441 g/mol. The number of aromatic nitrogens is 1. The summed E-state index contributed by atoms with van der Waals surface area (Å²) in [5, 5.41) is 0. The van der Waals surface area contributed by atoms with Crippen LogP contribution in [0.4, 0.5) is 0 Å². The molecule has 0 atom stereocenters. The molecule has 4 rings (SSSR count). The Kier molecular flexibility index (Phi) is 5.38. The van der Waals surface area contributed by atoms with Crippen molar-refractivity contribution >= 4 is 15.9 Å². The summed E-state index contributed by atoms with van der Waals surface area (Å²) in [7, 11) is 0. The van der Waals surface area contributed by atoms with E-state index in [4.69, 9.17) is 4.98 Å². The summed E-state index contributed by atoms with van der Waals surface area (Å²) in [6, 6.07) is 32.0. The topological polar surface area (TPSA) is 12.9 Å². The van der Waals surface area contributed by atoms with Crippen molar-refractivity contribution in [1.29, 1.82) is 0 Å². The van der Waals surface area contributed by atoms with Crippen molar-refractivity contribution in [3.8, 4) is 33.6 Å². The molecule has 0 radical (unpaired) electrons. The van der Waals surface area contributed by atoms with Crippen molar-refractivity contribution in [2.45, 2.75) is 26.2 Å². The van der Waals surface area contributed by atoms with E-state index >= 15 is 0 Å². The van der Waals surface area contributed by atoms with E-state index in [0.717, 1.165) is 27.0 Å². The van der Waals surface area contributed by atoms with E-state index in [1.54, 1.807) is 0 Å². The van der Waals surface area contributed by atoms with E-state index in [1.165, 1.54) is 16.7 Å². The maximum atomic E-state index is 5.01. The summed E-state index contributed by atoms with van der Waals surface area (Å²) in [5.41, 5.74) is 8.05. The van der Waals surface area contributed by atoms with Crippen LogP contribution in [-0.2, 0) is 5.41 Å². The molecule has 144 valence electrons. The highest BCUT2D eigenvalue weighted by Crippen LogP contribution is 2.32. The Morgan fingerprint density at radius 2 is 1.10 bits per heavy atom. The Balaban J connectivity index is 1.84. The van der Waals surface area contributed by atoms with Gasteiger partial charge in [-0.3, -0.25) is 0 Å². The van der Waals surface area contributed by atoms with E-state index in [2.05, 4.69) is 122 Å². The van der Waals surface area contributed by atoms with Crippen molar-refractivity contribution in [3.63, 3.8) is 0 Å². The second-order valence-electron chi connectivity index (χ2n) is 8.33. The first-order valence-electron chi connectivity index (χ1n) is 9.84. The quantitative estimate of drug-likeness (QED) is 0.312. The SMILES string of the molecule is CC(C)(C)c1ccc(-c2cc(-c3ccccc3)cc(-c3ccc(Br)cc3)n2)cc1. The average Bonchev–Trinajstić information content (AvgIpc) is 2.74. The smallest absolute Gasteiger partial charge is 0.0715 e. The minimum atomic E-state index is 0.139. The zero-order valence-electron chi connectivity index (χ0n) is 17.0. The lowest BCUT2D eigenvalue weighted by Crippen LogP contribution is -2.10. The third-order valence-corrected chi connectivity index (χ3v) is 5.65. The number of hydrogen-bond donors (Lipinski definition) is 0. The van der Waals surface area contributed by atoms with Gasteiger partial charge in [0, 0.05) is 15.6 Å². The van der Waals surface area contributed by atoms with Gasteiger partial charge in [0.2, 0.25) is 0 Å². The Labute approximate surface area is 181 Å². The maximum absolute atomic E-state index is 5.01. The molecule has 1 aromatic heterocycles. The molecular formula is C27H24BrN. The number of hydrogen-bond acceptors (Lipinski definition) is 1. The van der Waals surface area contributed by atoms with Crippen LogP contribution in [0.15, 0.2) is 95.5 Å². The number of pyridine rings is 1. The zero-order chi connectivity index (χ0) is 20.4. The van der Waals surface area contributed by atoms with Crippen LogP contribution in [0.2, 0.25) is 0 Å². The molecule has 0 aliphatic rings. The summed E-state index contributed by atoms with van der Waals surface area (Å²) in [5.74, 6) is 0. The molecule has 2 heteroatoms. The van der Waals surface area contributed by atoms with E-state index < -0.39 is 0 Å². The number of nitrogens with zero attached hydrogens (tertiary/aromatic N) is 1. The van der Waals surface area contributed by atoms with Crippen LogP contribution >= 0.6 is 15.9 Å². The van der Waals surface area contributed by atoms with Gasteiger partial charge in [-0.2, -0.15) is 0 Å². The number of halogens is 1. The van der Waals surface area contributed by atoms with Gasteiger partial charge in [-0.25, -0.2) is 4.98 Å². The molecule has 29 heavy (non-hydrogen) atoms. The lowest BCUT2D eigenvalue weighted by molar-refractivity contribution is 0.590. The zero-order valence-corrected chi connectivity index (χ0v) is 18.6. The van der Waals surface area contributed by atoms with E-state index in [0.29, 0.717) is 0 Å². The maximum Gasteiger partial charge on any atom is 0.0715 e. The van der Waals surface area contributed by atoms with Gasteiger partial charge in [0.1, 0.15) is 0 Å². The number of benzene rings is 3.